The highest BCUT2D eigenvalue weighted by Gasteiger charge is 2.19. The van der Waals surface area contributed by atoms with E-state index in [0.717, 1.165) is 17.0 Å². The predicted octanol–water partition coefficient (Wildman–Crippen LogP) is 2.02. The lowest BCUT2D eigenvalue weighted by molar-refractivity contribution is 0.801. The van der Waals surface area contributed by atoms with Crippen LogP contribution in [-0.4, -0.2) is 22.0 Å². The SMILES string of the molecule is CC(C)C1=NC=NC(C)c2cncnc21. The zero-order valence-electron chi connectivity index (χ0n) is 9.18. The summed E-state index contributed by atoms with van der Waals surface area (Å²) in [5, 5.41) is 0. The first kappa shape index (κ1) is 9.96. The van der Waals surface area contributed by atoms with Crippen LogP contribution >= 0.6 is 0 Å². The Morgan fingerprint density at radius 2 is 2.13 bits per heavy atom. The lowest BCUT2D eigenvalue weighted by Gasteiger charge is -2.12. The van der Waals surface area contributed by atoms with E-state index in [1.165, 1.54) is 0 Å². The summed E-state index contributed by atoms with van der Waals surface area (Å²) in [6.07, 6.45) is 5.02. The Labute approximate surface area is 89.2 Å². The number of aromatic nitrogens is 2. The summed E-state index contributed by atoms with van der Waals surface area (Å²) >= 11 is 0. The van der Waals surface area contributed by atoms with Crippen LogP contribution in [-0.2, 0) is 0 Å². The van der Waals surface area contributed by atoms with Crippen molar-refractivity contribution in [3.63, 3.8) is 0 Å². The monoisotopic (exact) mass is 202 g/mol. The van der Waals surface area contributed by atoms with Gasteiger partial charge in [-0.05, 0) is 12.8 Å². The van der Waals surface area contributed by atoms with Crippen LogP contribution in [0.5, 0.6) is 0 Å². The summed E-state index contributed by atoms with van der Waals surface area (Å²) in [7, 11) is 0. The Balaban J connectivity index is 2.58. The average molecular weight is 202 g/mol. The molecule has 0 aromatic carbocycles. The van der Waals surface area contributed by atoms with Gasteiger partial charge in [-0.25, -0.2) is 15.0 Å². The Morgan fingerprint density at radius 1 is 1.33 bits per heavy atom. The van der Waals surface area contributed by atoms with E-state index in [-0.39, 0.29) is 6.04 Å². The minimum absolute atomic E-state index is 0.0844. The van der Waals surface area contributed by atoms with Gasteiger partial charge in [0.05, 0.1) is 17.4 Å². The van der Waals surface area contributed by atoms with E-state index in [1.54, 1.807) is 12.7 Å². The van der Waals surface area contributed by atoms with E-state index < -0.39 is 0 Å². The maximum absolute atomic E-state index is 4.35. The van der Waals surface area contributed by atoms with Gasteiger partial charge in [-0.1, -0.05) is 13.8 Å². The van der Waals surface area contributed by atoms with E-state index in [1.807, 2.05) is 13.1 Å². The third-order valence-corrected chi connectivity index (χ3v) is 2.47. The fourth-order valence-corrected chi connectivity index (χ4v) is 1.62. The Morgan fingerprint density at radius 3 is 2.87 bits per heavy atom. The molecule has 1 aliphatic rings. The van der Waals surface area contributed by atoms with Crippen LogP contribution in [0.4, 0.5) is 0 Å². The molecule has 2 heterocycles. The van der Waals surface area contributed by atoms with Crippen molar-refractivity contribution in [1.29, 1.82) is 0 Å². The summed E-state index contributed by atoms with van der Waals surface area (Å²) in [6.45, 7) is 6.24. The molecule has 0 N–H and O–H groups in total. The third-order valence-electron chi connectivity index (χ3n) is 2.47. The van der Waals surface area contributed by atoms with Crippen LogP contribution in [0.1, 0.15) is 38.1 Å². The molecule has 1 atom stereocenters. The fraction of sp³-hybridized carbons (Fsp3) is 0.455. The molecular weight excluding hydrogens is 188 g/mol. The second kappa shape index (κ2) is 3.88. The molecule has 0 radical (unpaired) electrons. The van der Waals surface area contributed by atoms with Gasteiger partial charge < -0.3 is 0 Å². The average Bonchev–Trinajstić information content (AvgIpc) is 2.39. The quantitative estimate of drug-likeness (QED) is 0.699. The molecule has 4 heteroatoms. The predicted molar refractivity (Wildman–Crippen MR) is 60.3 cm³/mol. The number of hydrogen-bond donors (Lipinski definition) is 0. The van der Waals surface area contributed by atoms with Gasteiger partial charge in [-0.15, -0.1) is 0 Å². The smallest absolute Gasteiger partial charge is 0.116 e. The Bertz CT molecular complexity index is 420. The molecule has 0 spiro atoms. The molecule has 0 amide bonds. The first-order valence-electron chi connectivity index (χ1n) is 5.09. The third kappa shape index (κ3) is 1.79. The van der Waals surface area contributed by atoms with Crippen LogP contribution in [0.15, 0.2) is 22.5 Å². The Hall–Kier alpha value is -1.58. The normalized spacial score (nSPS) is 19.7. The molecule has 0 saturated heterocycles. The zero-order valence-corrected chi connectivity index (χ0v) is 9.18. The number of nitrogens with zero attached hydrogens (tertiary/aromatic N) is 4. The summed E-state index contributed by atoms with van der Waals surface area (Å²) in [5.74, 6) is 0.343. The Kier molecular flexibility index (Phi) is 2.58. The molecule has 0 saturated carbocycles. The van der Waals surface area contributed by atoms with Crippen molar-refractivity contribution in [2.75, 3.05) is 0 Å². The summed E-state index contributed by atoms with van der Waals surface area (Å²) < 4.78 is 0. The highest BCUT2D eigenvalue weighted by atomic mass is 14.9. The van der Waals surface area contributed by atoms with Crippen LogP contribution < -0.4 is 0 Å². The zero-order chi connectivity index (χ0) is 10.8. The van der Waals surface area contributed by atoms with E-state index in [0.29, 0.717) is 5.92 Å². The molecule has 78 valence electrons. The van der Waals surface area contributed by atoms with Crippen molar-refractivity contribution in [3.05, 3.63) is 23.8 Å². The van der Waals surface area contributed by atoms with Crippen molar-refractivity contribution in [1.82, 2.24) is 9.97 Å². The van der Waals surface area contributed by atoms with Crippen molar-refractivity contribution in [2.45, 2.75) is 26.8 Å². The largest absolute Gasteiger partial charge is 0.266 e. The van der Waals surface area contributed by atoms with Crippen LogP contribution in [0.25, 0.3) is 0 Å². The number of aliphatic imine (C=N–C) groups is 2. The van der Waals surface area contributed by atoms with Crippen molar-refractivity contribution in [3.8, 4) is 0 Å². The fourth-order valence-electron chi connectivity index (χ4n) is 1.62. The molecule has 15 heavy (non-hydrogen) atoms. The van der Waals surface area contributed by atoms with Crippen molar-refractivity contribution >= 4 is 12.1 Å². The summed E-state index contributed by atoms with van der Waals surface area (Å²) in [5.41, 5.74) is 2.98. The van der Waals surface area contributed by atoms with Gasteiger partial charge in [0.1, 0.15) is 12.7 Å². The van der Waals surface area contributed by atoms with Crippen LogP contribution in [0.2, 0.25) is 0 Å². The topological polar surface area (TPSA) is 50.5 Å². The molecular formula is C11H14N4. The van der Waals surface area contributed by atoms with Gasteiger partial charge in [0.15, 0.2) is 0 Å². The maximum Gasteiger partial charge on any atom is 0.116 e. The number of fused-ring (bicyclic) bond motifs is 1. The second-order valence-electron chi connectivity index (χ2n) is 3.94. The van der Waals surface area contributed by atoms with E-state index in [9.17, 15) is 0 Å². The summed E-state index contributed by atoms with van der Waals surface area (Å²) in [6, 6.07) is 0.0844. The van der Waals surface area contributed by atoms with E-state index in [4.69, 9.17) is 0 Å². The molecule has 0 bridgehead atoms. The van der Waals surface area contributed by atoms with Gasteiger partial charge in [0, 0.05) is 11.8 Å². The lowest BCUT2D eigenvalue weighted by Crippen LogP contribution is -2.14. The molecule has 1 aromatic heterocycles. The van der Waals surface area contributed by atoms with Gasteiger partial charge in [-0.3, -0.25) is 4.99 Å². The number of hydrogen-bond acceptors (Lipinski definition) is 4. The van der Waals surface area contributed by atoms with Gasteiger partial charge in [0.2, 0.25) is 0 Å². The molecule has 0 fully saturated rings. The molecule has 4 nitrogen and oxygen atoms in total. The van der Waals surface area contributed by atoms with E-state index >= 15 is 0 Å². The first-order chi connectivity index (χ1) is 7.20. The van der Waals surface area contributed by atoms with Gasteiger partial charge in [-0.2, -0.15) is 0 Å². The van der Waals surface area contributed by atoms with Crippen molar-refractivity contribution in [2.24, 2.45) is 15.9 Å². The number of rotatable bonds is 1. The van der Waals surface area contributed by atoms with E-state index in [2.05, 4.69) is 33.8 Å². The molecule has 1 aliphatic heterocycles. The highest BCUT2D eigenvalue weighted by molar-refractivity contribution is 6.05. The molecule has 0 aliphatic carbocycles. The standard InChI is InChI=1S/C11H14N4/c1-7(2)10-11-9(4-12-5-14-11)8(3)13-6-15-10/h4-8H,1-3H3. The molecule has 1 unspecified atom stereocenters. The van der Waals surface area contributed by atoms with Gasteiger partial charge >= 0.3 is 0 Å². The highest BCUT2D eigenvalue weighted by Crippen LogP contribution is 2.23. The minimum atomic E-state index is 0.0844. The van der Waals surface area contributed by atoms with Gasteiger partial charge in [0.25, 0.3) is 0 Å². The summed E-state index contributed by atoms with van der Waals surface area (Å²) in [4.78, 5) is 17.0. The lowest BCUT2D eigenvalue weighted by atomic mass is 9.99. The molecule has 2 rings (SSSR count). The first-order valence-corrected chi connectivity index (χ1v) is 5.09. The van der Waals surface area contributed by atoms with Crippen molar-refractivity contribution < 1.29 is 0 Å². The van der Waals surface area contributed by atoms with Crippen LogP contribution in [0, 0.1) is 5.92 Å². The second-order valence-corrected chi connectivity index (χ2v) is 3.94. The van der Waals surface area contributed by atoms with Crippen LogP contribution in [0.3, 0.4) is 0 Å². The minimum Gasteiger partial charge on any atom is -0.266 e. The maximum atomic E-state index is 4.35. The molecule has 1 aromatic rings.